The van der Waals surface area contributed by atoms with Crippen LogP contribution in [0.15, 0.2) is 0 Å². The molecule has 5 heteroatoms. The Kier molecular flexibility index (Phi) is 4.27. The molecule has 0 aromatic heterocycles. The van der Waals surface area contributed by atoms with Crippen LogP contribution in [0.5, 0.6) is 0 Å². The molecule has 1 aliphatic carbocycles. The molecule has 1 saturated heterocycles. The number of imide groups is 1. The third-order valence-corrected chi connectivity index (χ3v) is 4.86. The second kappa shape index (κ2) is 5.67. The van der Waals surface area contributed by atoms with Gasteiger partial charge in [0.05, 0.1) is 11.5 Å². The van der Waals surface area contributed by atoms with Gasteiger partial charge in [0, 0.05) is 6.54 Å². The number of amides is 3. The van der Waals surface area contributed by atoms with Crippen molar-refractivity contribution in [3.05, 3.63) is 0 Å². The van der Waals surface area contributed by atoms with E-state index in [2.05, 4.69) is 18.3 Å². The standard InChI is InChI=1S/C16H25N3O2/c1-12-6-4-8-16(10-12)13(20)18-14(21)19(16)9-5-7-15(2,3)11-17/h12H,4-10H2,1-3H3,(H,18,20,21). The van der Waals surface area contributed by atoms with E-state index < -0.39 is 5.54 Å². The number of rotatable bonds is 4. The summed E-state index contributed by atoms with van der Waals surface area (Å²) in [5, 5.41) is 11.6. The Bertz CT molecular complexity index is 480. The molecule has 1 heterocycles. The summed E-state index contributed by atoms with van der Waals surface area (Å²) in [5.74, 6) is 0.340. The SMILES string of the molecule is CC1CCCC2(C1)C(=O)NC(=O)N2CCCC(C)(C)C#N. The highest BCUT2D eigenvalue weighted by Gasteiger charge is 2.53. The molecule has 2 unspecified atom stereocenters. The summed E-state index contributed by atoms with van der Waals surface area (Å²) in [5.41, 5.74) is -1.02. The van der Waals surface area contributed by atoms with Crippen molar-refractivity contribution in [2.75, 3.05) is 6.54 Å². The zero-order valence-electron chi connectivity index (χ0n) is 13.2. The van der Waals surface area contributed by atoms with Crippen LogP contribution in [0.2, 0.25) is 0 Å². The fraction of sp³-hybridized carbons (Fsp3) is 0.812. The highest BCUT2D eigenvalue weighted by atomic mass is 16.2. The first-order valence-electron chi connectivity index (χ1n) is 7.85. The second-order valence-corrected chi connectivity index (χ2v) is 7.24. The molecule has 21 heavy (non-hydrogen) atoms. The lowest BCUT2D eigenvalue weighted by atomic mass is 9.75. The summed E-state index contributed by atoms with van der Waals surface area (Å²) in [6, 6.07) is 2.02. The minimum atomic E-state index is -0.633. The second-order valence-electron chi connectivity index (χ2n) is 7.24. The normalized spacial score (nSPS) is 29.6. The first-order valence-corrected chi connectivity index (χ1v) is 7.85. The van der Waals surface area contributed by atoms with Gasteiger partial charge >= 0.3 is 6.03 Å². The van der Waals surface area contributed by atoms with Gasteiger partial charge in [-0.25, -0.2) is 4.79 Å². The van der Waals surface area contributed by atoms with E-state index in [1.165, 1.54) is 0 Å². The molecule has 2 fully saturated rings. The minimum absolute atomic E-state index is 0.126. The lowest BCUT2D eigenvalue weighted by Gasteiger charge is -2.40. The van der Waals surface area contributed by atoms with Gasteiger partial charge < -0.3 is 4.90 Å². The molecule has 2 atom stereocenters. The largest absolute Gasteiger partial charge is 0.325 e. The summed E-state index contributed by atoms with van der Waals surface area (Å²) in [7, 11) is 0. The number of carbonyl (C=O) groups is 2. The maximum Gasteiger partial charge on any atom is 0.325 e. The lowest BCUT2D eigenvalue weighted by Crippen LogP contribution is -2.52. The van der Waals surface area contributed by atoms with Gasteiger partial charge in [0.1, 0.15) is 5.54 Å². The highest BCUT2D eigenvalue weighted by molar-refractivity contribution is 6.07. The number of hydrogen-bond acceptors (Lipinski definition) is 3. The van der Waals surface area contributed by atoms with E-state index in [1.807, 2.05) is 13.8 Å². The zero-order valence-corrected chi connectivity index (χ0v) is 13.2. The third kappa shape index (κ3) is 3.04. The monoisotopic (exact) mass is 291 g/mol. The van der Waals surface area contributed by atoms with Gasteiger partial charge in [-0.3, -0.25) is 10.1 Å². The van der Waals surface area contributed by atoms with Gasteiger partial charge in [0.2, 0.25) is 0 Å². The summed E-state index contributed by atoms with van der Waals surface area (Å²) < 4.78 is 0. The van der Waals surface area contributed by atoms with Crippen molar-refractivity contribution in [3.8, 4) is 6.07 Å². The molecule has 5 nitrogen and oxygen atoms in total. The Morgan fingerprint density at radius 1 is 1.48 bits per heavy atom. The van der Waals surface area contributed by atoms with Crippen molar-refractivity contribution in [1.29, 1.82) is 5.26 Å². The molecule has 1 aliphatic heterocycles. The van der Waals surface area contributed by atoms with E-state index >= 15 is 0 Å². The van der Waals surface area contributed by atoms with Crippen LogP contribution in [0.1, 0.15) is 59.3 Å². The van der Waals surface area contributed by atoms with E-state index in [0.29, 0.717) is 12.5 Å². The zero-order chi connectivity index (χ0) is 15.7. The molecule has 3 amide bonds. The maximum absolute atomic E-state index is 12.3. The first kappa shape index (κ1) is 15.8. The Labute approximate surface area is 126 Å². The van der Waals surface area contributed by atoms with E-state index in [-0.39, 0.29) is 17.4 Å². The van der Waals surface area contributed by atoms with Crippen LogP contribution in [0.25, 0.3) is 0 Å². The van der Waals surface area contributed by atoms with Crippen molar-refractivity contribution in [2.45, 2.75) is 64.8 Å². The number of nitrogens with one attached hydrogen (secondary N) is 1. The molecule has 2 aliphatic rings. The highest BCUT2D eigenvalue weighted by Crippen LogP contribution is 2.40. The topological polar surface area (TPSA) is 73.2 Å². The smallest absolute Gasteiger partial charge is 0.310 e. The van der Waals surface area contributed by atoms with Crippen LogP contribution in [0.3, 0.4) is 0 Å². The fourth-order valence-electron chi connectivity index (χ4n) is 3.62. The molecular weight excluding hydrogens is 266 g/mol. The number of nitrogens with zero attached hydrogens (tertiary/aromatic N) is 2. The van der Waals surface area contributed by atoms with Crippen LogP contribution in [-0.2, 0) is 4.79 Å². The molecular formula is C16H25N3O2. The van der Waals surface area contributed by atoms with Gasteiger partial charge in [-0.05, 0) is 45.4 Å². The molecule has 1 N–H and O–H groups in total. The summed E-state index contributed by atoms with van der Waals surface area (Å²) in [4.78, 5) is 26.2. The fourth-order valence-corrected chi connectivity index (χ4v) is 3.62. The van der Waals surface area contributed by atoms with Crippen molar-refractivity contribution < 1.29 is 9.59 Å². The molecule has 116 valence electrons. The summed E-state index contributed by atoms with van der Waals surface area (Å²) in [6.07, 6.45) is 5.11. The lowest BCUT2D eigenvalue weighted by molar-refractivity contribution is -0.129. The molecule has 0 radical (unpaired) electrons. The maximum atomic E-state index is 12.3. The number of nitriles is 1. The van der Waals surface area contributed by atoms with Gasteiger partial charge in [-0.2, -0.15) is 5.26 Å². The predicted octanol–water partition coefficient (Wildman–Crippen LogP) is 2.82. The predicted molar refractivity (Wildman–Crippen MR) is 79.2 cm³/mol. The van der Waals surface area contributed by atoms with Crippen LogP contribution in [0.4, 0.5) is 4.79 Å². The van der Waals surface area contributed by atoms with E-state index in [9.17, 15) is 9.59 Å². The molecule has 1 spiro atoms. The van der Waals surface area contributed by atoms with Gasteiger partial charge in [0.25, 0.3) is 5.91 Å². The molecule has 0 aromatic carbocycles. The van der Waals surface area contributed by atoms with Gasteiger partial charge in [0.15, 0.2) is 0 Å². The van der Waals surface area contributed by atoms with Gasteiger partial charge in [-0.15, -0.1) is 0 Å². The van der Waals surface area contributed by atoms with Crippen molar-refractivity contribution in [3.63, 3.8) is 0 Å². The summed E-state index contributed by atoms with van der Waals surface area (Å²) in [6.45, 7) is 6.50. The molecule has 1 saturated carbocycles. The van der Waals surface area contributed by atoms with Gasteiger partial charge in [-0.1, -0.05) is 19.8 Å². The first-order chi connectivity index (χ1) is 9.81. The summed E-state index contributed by atoms with van der Waals surface area (Å²) >= 11 is 0. The van der Waals surface area contributed by atoms with Crippen molar-refractivity contribution in [1.82, 2.24) is 10.2 Å². The number of urea groups is 1. The number of carbonyl (C=O) groups excluding carboxylic acids is 2. The Morgan fingerprint density at radius 3 is 2.81 bits per heavy atom. The van der Waals surface area contributed by atoms with E-state index in [0.717, 1.165) is 38.5 Å². The Balaban J connectivity index is 2.07. The molecule has 0 aromatic rings. The third-order valence-electron chi connectivity index (χ3n) is 4.86. The number of hydrogen-bond donors (Lipinski definition) is 1. The van der Waals surface area contributed by atoms with Crippen LogP contribution in [-0.4, -0.2) is 28.9 Å². The molecule has 2 rings (SSSR count). The Morgan fingerprint density at radius 2 is 2.19 bits per heavy atom. The quantitative estimate of drug-likeness (QED) is 0.809. The van der Waals surface area contributed by atoms with Crippen LogP contribution >= 0.6 is 0 Å². The van der Waals surface area contributed by atoms with Crippen LogP contribution < -0.4 is 5.32 Å². The van der Waals surface area contributed by atoms with E-state index in [1.54, 1.807) is 4.90 Å². The Hall–Kier alpha value is -1.57. The average Bonchev–Trinajstić information content (AvgIpc) is 2.63. The average molecular weight is 291 g/mol. The molecule has 0 bridgehead atoms. The van der Waals surface area contributed by atoms with Crippen LogP contribution in [0, 0.1) is 22.7 Å². The minimum Gasteiger partial charge on any atom is -0.310 e. The van der Waals surface area contributed by atoms with Crippen molar-refractivity contribution >= 4 is 11.9 Å². The van der Waals surface area contributed by atoms with E-state index in [4.69, 9.17) is 5.26 Å². The van der Waals surface area contributed by atoms with Crippen molar-refractivity contribution in [2.24, 2.45) is 11.3 Å².